The average molecular weight is 418 g/mol. The minimum atomic E-state index is -0.341. The first kappa shape index (κ1) is 21.9. The van der Waals surface area contributed by atoms with E-state index in [1.54, 1.807) is 19.4 Å². The summed E-state index contributed by atoms with van der Waals surface area (Å²) in [5.74, 6) is 1.57. The van der Waals surface area contributed by atoms with Crippen molar-refractivity contribution in [3.63, 3.8) is 0 Å². The largest absolute Gasteiger partial charge is 0.493 e. The van der Waals surface area contributed by atoms with Crippen LogP contribution in [0.4, 0.5) is 0 Å². The molecule has 3 aromatic rings. The van der Waals surface area contributed by atoms with Gasteiger partial charge in [0.05, 0.1) is 13.3 Å². The van der Waals surface area contributed by atoms with Crippen molar-refractivity contribution in [1.29, 1.82) is 0 Å². The summed E-state index contributed by atoms with van der Waals surface area (Å²) in [7, 11) is 1.59. The average Bonchev–Trinajstić information content (AvgIpc) is 2.79. The van der Waals surface area contributed by atoms with Crippen molar-refractivity contribution in [2.75, 3.05) is 13.7 Å². The van der Waals surface area contributed by atoms with Gasteiger partial charge in [0.1, 0.15) is 12.4 Å². The maximum atomic E-state index is 12.0. The molecule has 31 heavy (non-hydrogen) atoms. The Labute approximate surface area is 182 Å². The van der Waals surface area contributed by atoms with Crippen LogP contribution >= 0.6 is 0 Å². The van der Waals surface area contributed by atoms with E-state index in [0.29, 0.717) is 23.9 Å². The molecule has 1 N–H and O–H groups in total. The van der Waals surface area contributed by atoms with Gasteiger partial charge < -0.3 is 14.2 Å². The van der Waals surface area contributed by atoms with Crippen LogP contribution < -0.4 is 19.6 Å². The molecule has 6 heteroatoms. The highest BCUT2D eigenvalue weighted by Gasteiger charge is 2.07. The third kappa shape index (κ3) is 6.60. The highest BCUT2D eigenvalue weighted by atomic mass is 16.5. The summed E-state index contributed by atoms with van der Waals surface area (Å²) in [6.45, 7) is 4.22. The van der Waals surface area contributed by atoms with Crippen molar-refractivity contribution in [1.82, 2.24) is 5.43 Å². The van der Waals surface area contributed by atoms with Gasteiger partial charge in [0.25, 0.3) is 5.91 Å². The normalized spacial score (nSPS) is 10.7. The Morgan fingerprint density at radius 2 is 1.74 bits per heavy atom. The molecule has 0 saturated heterocycles. The smallest absolute Gasteiger partial charge is 0.277 e. The SMILES string of the molecule is COc1ccc(/C=N\NC(=O)COc2cc(C)ccc2C)cc1OCc1ccccc1. The lowest BCUT2D eigenvalue weighted by molar-refractivity contribution is -0.123. The number of hydrazone groups is 1. The van der Waals surface area contributed by atoms with Crippen LogP contribution in [0, 0.1) is 13.8 Å². The van der Waals surface area contributed by atoms with E-state index >= 15 is 0 Å². The molecule has 1 amide bonds. The first-order chi connectivity index (χ1) is 15.0. The Kier molecular flexibility index (Phi) is 7.65. The molecule has 0 aliphatic rings. The van der Waals surface area contributed by atoms with Crippen LogP contribution in [-0.4, -0.2) is 25.8 Å². The molecule has 0 aromatic heterocycles. The Balaban J connectivity index is 1.56. The van der Waals surface area contributed by atoms with Gasteiger partial charge in [0.15, 0.2) is 18.1 Å². The number of rotatable bonds is 9. The zero-order valence-electron chi connectivity index (χ0n) is 17.9. The van der Waals surface area contributed by atoms with E-state index in [0.717, 1.165) is 22.3 Å². The van der Waals surface area contributed by atoms with Crippen LogP contribution in [0.3, 0.4) is 0 Å². The van der Waals surface area contributed by atoms with Crippen molar-refractivity contribution in [3.8, 4) is 17.2 Å². The van der Waals surface area contributed by atoms with Gasteiger partial charge in [0.2, 0.25) is 0 Å². The molecule has 0 aliphatic carbocycles. The number of aryl methyl sites for hydroxylation is 2. The maximum Gasteiger partial charge on any atom is 0.277 e. The number of methoxy groups -OCH3 is 1. The molecule has 0 heterocycles. The molecule has 0 bridgehead atoms. The van der Waals surface area contributed by atoms with Crippen LogP contribution in [0.1, 0.15) is 22.3 Å². The summed E-state index contributed by atoms with van der Waals surface area (Å²) >= 11 is 0. The van der Waals surface area contributed by atoms with Crippen LogP contribution in [0.15, 0.2) is 71.8 Å². The van der Waals surface area contributed by atoms with Gasteiger partial charge in [-0.05, 0) is 60.4 Å². The summed E-state index contributed by atoms with van der Waals surface area (Å²) < 4.78 is 16.8. The molecule has 3 aromatic carbocycles. The Hall–Kier alpha value is -3.80. The lowest BCUT2D eigenvalue weighted by Gasteiger charge is -2.11. The molecule has 3 rings (SSSR count). The molecule has 0 atom stereocenters. The number of nitrogens with one attached hydrogen (secondary N) is 1. The third-order valence-corrected chi connectivity index (χ3v) is 4.53. The number of carbonyl (C=O) groups excluding carboxylic acids is 1. The molecule has 160 valence electrons. The highest BCUT2D eigenvalue weighted by molar-refractivity contribution is 5.83. The van der Waals surface area contributed by atoms with E-state index in [1.807, 2.05) is 74.5 Å². The van der Waals surface area contributed by atoms with E-state index in [2.05, 4.69) is 10.5 Å². The molecular formula is C25H26N2O4. The molecular weight excluding hydrogens is 392 g/mol. The number of benzene rings is 3. The summed E-state index contributed by atoms with van der Waals surface area (Å²) in [6.07, 6.45) is 1.55. The van der Waals surface area contributed by atoms with E-state index in [-0.39, 0.29) is 12.5 Å². The minimum Gasteiger partial charge on any atom is -0.493 e. The standard InChI is InChI=1S/C25H26N2O4/c1-18-9-10-19(2)23(13-18)31-17-25(28)27-26-15-21-11-12-22(29-3)24(14-21)30-16-20-7-5-4-6-8-20/h4-15H,16-17H2,1-3H3,(H,27,28)/b26-15-. The van der Waals surface area contributed by atoms with E-state index in [1.165, 1.54) is 0 Å². The number of nitrogens with zero attached hydrogens (tertiary/aromatic N) is 1. The second kappa shape index (κ2) is 10.8. The number of hydrogen-bond donors (Lipinski definition) is 1. The number of carbonyl (C=O) groups is 1. The zero-order chi connectivity index (χ0) is 22.1. The lowest BCUT2D eigenvalue weighted by atomic mass is 10.1. The fourth-order valence-corrected chi connectivity index (χ4v) is 2.84. The highest BCUT2D eigenvalue weighted by Crippen LogP contribution is 2.28. The van der Waals surface area contributed by atoms with Gasteiger partial charge in [-0.15, -0.1) is 0 Å². The van der Waals surface area contributed by atoms with Gasteiger partial charge in [-0.25, -0.2) is 5.43 Å². The Bertz CT molecular complexity index is 1050. The summed E-state index contributed by atoms with van der Waals surface area (Å²) in [5.41, 5.74) is 6.34. The first-order valence-corrected chi connectivity index (χ1v) is 9.92. The molecule has 0 fully saturated rings. The van der Waals surface area contributed by atoms with Crippen molar-refractivity contribution < 1.29 is 19.0 Å². The van der Waals surface area contributed by atoms with Gasteiger partial charge in [0, 0.05) is 0 Å². The van der Waals surface area contributed by atoms with Crippen LogP contribution in [0.5, 0.6) is 17.2 Å². The second-order valence-electron chi connectivity index (χ2n) is 7.04. The number of hydrogen-bond acceptors (Lipinski definition) is 5. The molecule has 0 saturated carbocycles. The zero-order valence-corrected chi connectivity index (χ0v) is 17.9. The van der Waals surface area contributed by atoms with Gasteiger partial charge >= 0.3 is 0 Å². The Morgan fingerprint density at radius 3 is 2.52 bits per heavy atom. The number of ether oxygens (including phenoxy) is 3. The fraction of sp³-hybridized carbons (Fsp3) is 0.200. The minimum absolute atomic E-state index is 0.115. The van der Waals surface area contributed by atoms with Crippen LogP contribution in [0.2, 0.25) is 0 Å². The van der Waals surface area contributed by atoms with E-state index < -0.39 is 0 Å². The maximum absolute atomic E-state index is 12.0. The molecule has 0 radical (unpaired) electrons. The summed E-state index contributed by atoms with van der Waals surface area (Å²) in [5, 5.41) is 4.01. The lowest BCUT2D eigenvalue weighted by Crippen LogP contribution is -2.24. The quantitative estimate of drug-likeness (QED) is 0.413. The number of amides is 1. The fourth-order valence-electron chi connectivity index (χ4n) is 2.84. The monoisotopic (exact) mass is 418 g/mol. The Morgan fingerprint density at radius 1 is 0.935 bits per heavy atom. The van der Waals surface area contributed by atoms with Gasteiger partial charge in [-0.3, -0.25) is 4.79 Å². The topological polar surface area (TPSA) is 69.2 Å². The summed E-state index contributed by atoms with van der Waals surface area (Å²) in [6, 6.07) is 21.2. The second-order valence-corrected chi connectivity index (χ2v) is 7.04. The molecule has 0 aliphatic heterocycles. The molecule has 0 unspecified atom stereocenters. The van der Waals surface area contributed by atoms with E-state index in [9.17, 15) is 4.79 Å². The molecule has 6 nitrogen and oxygen atoms in total. The van der Waals surface area contributed by atoms with Crippen molar-refractivity contribution in [2.24, 2.45) is 5.10 Å². The third-order valence-electron chi connectivity index (χ3n) is 4.53. The van der Waals surface area contributed by atoms with Crippen molar-refractivity contribution >= 4 is 12.1 Å². The van der Waals surface area contributed by atoms with Gasteiger partial charge in [-0.1, -0.05) is 42.5 Å². The van der Waals surface area contributed by atoms with Crippen molar-refractivity contribution in [3.05, 3.63) is 89.0 Å². The predicted octanol–water partition coefficient (Wildman–Crippen LogP) is 4.42. The molecule has 0 spiro atoms. The van der Waals surface area contributed by atoms with Gasteiger partial charge in [-0.2, -0.15) is 5.10 Å². The predicted molar refractivity (Wildman–Crippen MR) is 121 cm³/mol. The van der Waals surface area contributed by atoms with E-state index in [4.69, 9.17) is 14.2 Å². The van der Waals surface area contributed by atoms with Crippen LogP contribution in [-0.2, 0) is 11.4 Å². The first-order valence-electron chi connectivity index (χ1n) is 9.92. The van der Waals surface area contributed by atoms with Crippen molar-refractivity contribution in [2.45, 2.75) is 20.5 Å². The van der Waals surface area contributed by atoms with Crippen LogP contribution in [0.25, 0.3) is 0 Å². The summed E-state index contributed by atoms with van der Waals surface area (Å²) in [4.78, 5) is 12.0.